The van der Waals surface area contributed by atoms with Crippen molar-refractivity contribution in [3.63, 3.8) is 0 Å². The van der Waals surface area contributed by atoms with Crippen molar-refractivity contribution in [2.45, 2.75) is 20.4 Å². The Morgan fingerprint density at radius 2 is 1.73 bits per heavy atom. The van der Waals surface area contributed by atoms with Crippen molar-refractivity contribution in [3.05, 3.63) is 64.5 Å². The minimum Gasteiger partial charge on any atom is -0.340 e. The van der Waals surface area contributed by atoms with Gasteiger partial charge in [0, 0.05) is 54.4 Å². The van der Waals surface area contributed by atoms with Gasteiger partial charge in [0.1, 0.15) is 0 Å². The number of aromatic nitrogens is 5. The average Bonchev–Trinajstić information content (AvgIpc) is 2.59. The Morgan fingerprint density at radius 1 is 1.04 bits per heavy atom. The van der Waals surface area contributed by atoms with E-state index in [2.05, 4.69) is 25.0 Å². The van der Waals surface area contributed by atoms with Gasteiger partial charge in [0.15, 0.2) is 0 Å². The fraction of sp³-hybridized carbons (Fsp3) is 0.316. The summed E-state index contributed by atoms with van der Waals surface area (Å²) < 4.78 is 1.56. The molecule has 0 amide bonds. The topological polar surface area (TPSA) is 76.8 Å². The summed E-state index contributed by atoms with van der Waals surface area (Å²) in [6.45, 7) is 6.21. The predicted octanol–water partition coefficient (Wildman–Crippen LogP) is 1.85. The van der Waals surface area contributed by atoms with Crippen molar-refractivity contribution in [2.75, 3.05) is 18.0 Å². The minimum atomic E-state index is -0.0797. The van der Waals surface area contributed by atoms with Crippen LogP contribution in [0, 0.1) is 19.8 Å². The minimum absolute atomic E-state index is 0.0797. The molecule has 0 atom stereocenters. The molecular formula is C19H20N6O. The number of rotatable bonds is 4. The Morgan fingerprint density at radius 3 is 2.42 bits per heavy atom. The van der Waals surface area contributed by atoms with Crippen LogP contribution < -0.4 is 10.5 Å². The third-order valence-electron chi connectivity index (χ3n) is 4.48. The number of nitrogens with zero attached hydrogens (tertiary/aromatic N) is 6. The normalized spacial score (nSPS) is 14.3. The predicted molar refractivity (Wildman–Crippen MR) is 98.9 cm³/mol. The van der Waals surface area contributed by atoms with E-state index < -0.39 is 0 Å². The quantitative estimate of drug-likeness (QED) is 0.716. The first-order valence-electron chi connectivity index (χ1n) is 8.64. The number of aryl methyl sites for hydroxylation is 2. The van der Waals surface area contributed by atoms with Crippen LogP contribution in [0.4, 0.5) is 5.95 Å². The summed E-state index contributed by atoms with van der Waals surface area (Å²) in [5.41, 5.74) is 3.59. The highest BCUT2D eigenvalue weighted by Crippen LogP contribution is 2.23. The lowest BCUT2D eigenvalue weighted by atomic mass is 10.0. The molecule has 7 nitrogen and oxygen atoms in total. The summed E-state index contributed by atoms with van der Waals surface area (Å²) in [7, 11) is 0. The van der Waals surface area contributed by atoms with E-state index in [1.807, 2.05) is 32.0 Å². The molecule has 0 saturated carbocycles. The molecule has 0 radical (unpaired) electrons. The smallest absolute Gasteiger partial charge is 0.266 e. The van der Waals surface area contributed by atoms with Crippen molar-refractivity contribution < 1.29 is 0 Å². The Kier molecular flexibility index (Phi) is 4.20. The molecule has 1 saturated heterocycles. The zero-order valence-corrected chi connectivity index (χ0v) is 14.8. The molecule has 1 fully saturated rings. The third-order valence-corrected chi connectivity index (χ3v) is 4.48. The zero-order chi connectivity index (χ0) is 18.1. The van der Waals surface area contributed by atoms with Crippen molar-refractivity contribution in [3.8, 4) is 11.3 Å². The molecular weight excluding hydrogens is 328 g/mol. The lowest BCUT2D eigenvalue weighted by Crippen LogP contribution is -2.50. The maximum absolute atomic E-state index is 12.2. The number of hydrogen-bond donors (Lipinski definition) is 0. The Labute approximate surface area is 151 Å². The van der Waals surface area contributed by atoms with E-state index >= 15 is 0 Å². The number of hydrogen-bond acceptors (Lipinski definition) is 6. The third kappa shape index (κ3) is 3.33. The van der Waals surface area contributed by atoms with E-state index in [-0.39, 0.29) is 5.56 Å². The van der Waals surface area contributed by atoms with Gasteiger partial charge in [-0.2, -0.15) is 5.10 Å². The second kappa shape index (κ2) is 6.67. The van der Waals surface area contributed by atoms with Gasteiger partial charge in [0.25, 0.3) is 5.56 Å². The summed E-state index contributed by atoms with van der Waals surface area (Å²) in [6, 6.07) is 9.07. The van der Waals surface area contributed by atoms with Crippen molar-refractivity contribution in [1.29, 1.82) is 0 Å². The highest BCUT2D eigenvalue weighted by molar-refractivity contribution is 5.57. The molecule has 0 aromatic carbocycles. The van der Waals surface area contributed by atoms with Crippen molar-refractivity contribution in [1.82, 2.24) is 24.7 Å². The summed E-state index contributed by atoms with van der Waals surface area (Å²) in [6.07, 6.45) is 3.44. The van der Waals surface area contributed by atoms with Gasteiger partial charge >= 0.3 is 0 Å². The molecule has 0 bridgehead atoms. The molecule has 4 heterocycles. The molecule has 0 unspecified atom stereocenters. The van der Waals surface area contributed by atoms with E-state index in [0.717, 1.165) is 41.7 Å². The zero-order valence-electron chi connectivity index (χ0n) is 14.8. The SMILES string of the molecule is Cc1cc(C)nc(N2CC(Cn3nc(-c4ccncc4)ccc3=O)C2)n1. The maximum Gasteiger partial charge on any atom is 0.266 e. The molecule has 7 heteroatoms. The molecule has 132 valence electrons. The number of anilines is 1. The fourth-order valence-electron chi connectivity index (χ4n) is 3.20. The standard InChI is InChI=1S/C19H20N6O/c1-13-9-14(2)22-19(21-13)24-10-15(11-24)12-25-18(26)4-3-17(23-25)16-5-7-20-8-6-16/h3-9,15H,10-12H2,1-2H3. The Balaban J connectivity index is 1.47. The van der Waals surface area contributed by atoms with Gasteiger partial charge in [-0.15, -0.1) is 0 Å². The van der Waals surface area contributed by atoms with Crippen molar-refractivity contribution >= 4 is 5.95 Å². The molecule has 1 aliphatic heterocycles. The van der Waals surface area contributed by atoms with E-state index in [9.17, 15) is 4.79 Å². The average molecular weight is 348 g/mol. The van der Waals surface area contributed by atoms with Crippen LogP contribution in [0.5, 0.6) is 0 Å². The molecule has 1 aliphatic rings. The molecule has 0 spiro atoms. The van der Waals surface area contributed by atoms with Crippen LogP contribution in [-0.4, -0.2) is 37.8 Å². The van der Waals surface area contributed by atoms with Gasteiger partial charge in [-0.25, -0.2) is 14.6 Å². The largest absolute Gasteiger partial charge is 0.340 e. The van der Waals surface area contributed by atoms with Gasteiger partial charge in [-0.3, -0.25) is 9.78 Å². The van der Waals surface area contributed by atoms with Gasteiger partial charge in [-0.05, 0) is 38.1 Å². The molecule has 0 aliphatic carbocycles. The van der Waals surface area contributed by atoms with Gasteiger partial charge in [-0.1, -0.05) is 0 Å². The van der Waals surface area contributed by atoms with E-state index in [1.54, 1.807) is 29.2 Å². The maximum atomic E-state index is 12.2. The molecule has 4 rings (SSSR count). The molecule has 26 heavy (non-hydrogen) atoms. The first-order valence-corrected chi connectivity index (χ1v) is 8.64. The summed E-state index contributed by atoms with van der Waals surface area (Å²) in [5, 5.41) is 4.52. The van der Waals surface area contributed by atoms with Crippen LogP contribution in [0.25, 0.3) is 11.3 Å². The highest BCUT2D eigenvalue weighted by atomic mass is 16.1. The molecule has 3 aromatic rings. The van der Waals surface area contributed by atoms with Crippen LogP contribution in [0.1, 0.15) is 11.4 Å². The molecule has 0 N–H and O–H groups in total. The Hall–Kier alpha value is -3.09. The van der Waals surface area contributed by atoms with Crippen molar-refractivity contribution in [2.24, 2.45) is 5.92 Å². The lowest BCUT2D eigenvalue weighted by Gasteiger charge is -2.39. The first-order chi connectivity index (χ1) is 12.6. The van der Waals surface area contributed by atoms with E-state index in [1.165, 1.54) is 0 Å². The lowest BCUT2D eigenvalue weighted by molar-refractivity contribution is 0.331. The van der Waals surface area contributed by atoms with Crippen LogP contribution in [0.15, 0.2) is 47.5 Å². The van der Waals surface area contributed by atoms with E-state index in [4.69, 9.17) is 0 Å². The van der Waals surface area contributed by atoms with Crippen LogP contribution in [-0.2, 0) is 6.54 Å². The first kappa shape index (κ1) is 16.4. The highest BCUT2D eigenvalue weighted by Gasteiger charge is 2.29. The van der Waals surface area contributed by atoms with Gasteiger partial charge in [0.05, 0.1) is 12.2 Å². The van der Waals surface area contributed by atoms with E-state index in [0.29, 0.717) is 12.5 Å². The summed E-state index contributed by atoms with van der Waals surface area (Å²) >= 11 is 0. The second-order valence-corrected chi connectivity index (χ2v) is 6.70. The number of pyridine rings is 1. The Bertz CT molecular complexity index is 959. The summed E-state index contributed by atoms with van der Waals surface area (Å²) in [4.78, 5) is 27.3. The fourth-order valence-corrected chi connectivity index (χ4v) is 3.20. The van der Waals surface area contributed by atoms with Gasteiger partial charge in [0.2, 0.25) is 5.95 Å². The van der Waals surface area contributed by atoms with Crippen LogP contribution in [0.2, 0.25) is 0 Å². The monoisotopic (exact) mass is 348 g/mol. The second-order valence-electron chi connectivity index (χ2n) is 6.70. The van der Waals surface area contributed by atoms with Crippen LogP contribution in [0.3, 0.4) is 0 Å². The van der Waals surface area contributed by atoms with Crippen LogP contribution >= 0.6 is 0 Å². The van der Waals surface area contributed by atoms with Gasteiger partial charge < -0.3 is 4.90 Å². The molecule has 3 aromatic heterocycles. The summed E-state index contributed by atoms with van der Waals surface area (Å²) in [5.74, 6) is 1.13.